The van der Waals surface area contributed by atoms with Crippen LogP contribution in [-0.4, -0.2) is 17.1 Å². The van der Waals surface area contributed by atoms with Crippen LogP contribution < -0.4 is 0 Å². The average Bonchev–Trinajstić information content (AvgIpc) is 2.81. The lowest BCUT2D eigenvalue weighted by Crippen LogP contribution is -2.75. The molecule has 0 amide bonds. The predicted octanol–water partition coefficient (Wildman–Crippen LogP) is 6.05. The molecule has 32 heavy (non-hydrogen) atoms. The van der Waals surface area contributed by atoms with E-state index in [1.165, 1.54) is 22.3 Å². The highest BCUT2D eigenvalue weighted by molar-refractivity contribution is 6.93. The Bertz CT molecular complexity index is 935. The Morgan fingerprint density at radius 2 is 0.562 bits per heavy atom. The van der Waals surface area contributed by atoms with Crippen LogP contribution in [0.4, 0.5) is 0 Å². The van der Waals surface area contributed by atoms with E-state index < -0.39 is 17.1 Å². The molecule has 5 rings (SSSR count). The molecule has 1 saturated heterocycles. The van der Waals surface area contributed by atoms with Gasteiger partial charge in [0.1, 0.15) is 0 Å². The summed E-state index contributed by atoms with van der Waals surface area (Å²) in [7, 11) is -4.81. The zero-order valence-electron chi connectivity index (χ0n) is 18.2. The van der Waals surface area contributed by atoms with E-state index in [-0.39, 0.29) is 0 Å². The van der Waals surface area contributed by atoms with Crippen molar-refractivity contribution in [3.63, 3.8) is 0 Å². The smallest absolute Gasteiger partial charge is 0.329 e. The summed E-state index contributed by atoms with van der Waals surface area (Å²) < 4.78 is 14.4. The molecule has 0 unspecified atom stereocenters. The van der Waals surface area contributed by atoms with Crippen LogP contribution in [-0.2, 0) is 32.4 Å². The molecule has 4 aromatic rings. The maximum atomic E-state index is 7.19. The number of hydrogen-bond donors (Lipinski definition) is 0. The maximum Gasteiger partial charge on any atom is 0.329 e. The van der Waals surface area contributed by atoms with E-state index in [1.807, 2.05) is 0 Å². The van der Waals surface area contributed by atoms with Crippen molar-refractivity contribution in [3.05, 3.63) is 144 Å². The second kappa shape index (κ2) is 9.39. The van der Waals surface area contributed by atoms with Crippen molar-refractivity contribution in [2.75, 3.05) is 0 Å². The SMILES string of the molecule is c1ccc(C[Si]2(Cc3ccccc3)O[Si](Cc3ccccc3)(Cc3ccccc3)O2)cc1. The van der Waals surface area contributed by atoms with Crippen LogP contribution in [0.25, 0.3) is 0 Å². The molecule has 2 nitrogen and oxygen atoms in total. The van der Waals surface area contributed by atoms with Crippen LogP contribution in [0.5, 0.6) is 0 Å². The third-order valence-electron chi connectivity index (χ3n) is 6.01. The zero-order valence-corrected chi connectivity index (χ0v) is 20.2. The van der Waals surface area contributed by atoms with E-state index in [9.17, 15) is 0 Å². The van der Waals surface area contributed by atoms with Crippen molar-refractivity contribution >= 4 is 17.1 Å². The second-order valence-electron chi connectivity index (χ2n) is 8.67. The molecule has 160 valence electrons. The lowest BCUT2D eigenvalue weighted by atomic mass is 10.2. The van der Waals surface area contributed by atoms with Crippen molar-refractivity contribution in [3.8, 4) is 0 Å². The summed E-state index contributed by atoms with van der Waals surface area (Å²) in [4.78, 5) is 0. The molecule has 4 aromatic carbocycles. The first-order valence-electron chi connectivity index (χ1n) is 11.3. The standard InChI is InChI=1S/C28H28O2Si2/c1-5-13-25(14-6-1)21-31(22-26-15-7-2-8-16-26)29-32(30-31,23-27-17-9-3-10-18-27)24-28-19-11-4-12-20-28/h1-20H,21-24H2. The fourth-order valence-corrected chi connectivity index (χ4v) is 16.2. The van der Waals surface area contributed by atoms with Crippen LogP contribution in [0, 0.1) is 0 Å². The van der Waals surface area contributed by atoms with E-state index in [2.05, 4.69) is 121 Å². The van der Waals surface area contributed by atoms with Crippen molar-refractivity contribution in [1.29, 1.82) is 0 Å². The number of benzene rings is 4. The van der Waals surface area contributed by atoms with Gasteiger partial charge in [0.15, 0.2) is 0 Å². The third-order valence-corrected chi connectivity index (χ3v) is 15.7. The second-order valence-corrected chi connectivity index (χ2v) is 15.4. The van der Waals surface area contributed by atoms with Crippen LogP contribution >= 0.6 is 0 Å². The molecule has 1 fully saturated rings. The van der Waals surface area contributed by atoms with Crippen LogP contribution in [0.2, 0.25) is 0 Å². The van der Waals surface area contributed by atoms with Gasteiger partial charge in [-0.25, -0.2) is 0 Å². The Balaban J connectivity index is 1.45. The molecule has 0 N–H and O–H groups in total. The van der Waals surface area contributed by atoms with E-state index in [0.717, 1.165) is 24.2 Å². The van der Waals surface area contributed by atoms with Crippen molar-refractivity contribution < 1.29 is 8.23 Å². The van der Waals surface area contributed by atoms with Gasteiger partial charge in [0.05, 0.1) is 0 Å². The minimum Gasteiger partial charge on any atom is -0.415 e. The molecular weight excluding hydrogens is 424 g/mol. The van der Waals surface area contributed by atoms with Gasteiger partial charge < -0.3 is 8.23 Å². The summed E-state index contributed by atoms with van der Waals surface area (Å²) in [6.45, 7) is 0. The normalized spacial score (nSPS) is 16.2. The number of hydrogen-bond acceptors (Lipinski definition) is 2. The summed E-state index contributed by atoms with van der Waals surface area (Å²) in [5.74, 6) is 0. The van der Waals surface area contributed by atoms with Crippen molar-refractivity contribution in [1.82, 2.24) is 0 Å². The largest absolute Gasteiger partial charge is 0.415 e. The van der Waals surface area contributed by atoms with Gasteiger partial charge in [-0.15, -0.1) is 0 Å². The Hall–Kier alpha value is -2.77. The van der Waals surface area contributed by atoms with Crippen molar-refractivity contribution in [2.45, 2.75) is 24.2 Å². The molecule has 4 heteroatoms. The average molecular weight is 453 g/mol. The maximum absolute atomic E-state index is 7.19. The Kier molecular flexibility index (Phi) is 6.19. The highest BCUT2D eigenvalue weighted by Crippen LogP contribution is 2.40. The van der Waals surface area contributed by atoms with Crippen LogP contribution in [0.15, 0.2) is 121 Å². The molecule has 0 atom stereocenters. The third kappa shape index (κ3) is 5.00. The lowest BCUT2D eigenvalue weighted by Gasteiger charge is -2.54. The molecule has 0 spiro atoms. The van der Waals surface area contributed by atoms with Gasteiger partial charge in [-0.3, -0.25) is 0 Å². The molecule has 0 aromatic heterocycles. The summed E-state index contributed by atoms with van der Waals surface area (Å²) in [5, 5.41) is 0. The minimum atomic E-state index is -2.41. The molecule has 0 saturated carbocycles. The molecule has 1 aliphatic rings. The topological polar surface area (TPSA) is 18.5 Å². The molecule has 0 bridgehead atoms. The summed E-state index contributed by atoms with van der Waals surface area (Å²) in [5.41, 5.74) is 5.21. The quantitative estimate of drug-likeness (QED) is 0.303. The Labute approximate surface area is 193 Å². The summed E-state index contributed by atoms with van der Waals surface area (Å²) in [6.07, 6.45) is 0. The fourth-order valence-electron chi connectivity index (χ4n) is 4.73. The monoisotopic (exact) mass is 452 g/mol. The first kappa shape index (κ1) is 21.1. The van der Waals surface area contributed by atoms with Crippen molar-refractivity contribution in [2.24, 2.45) is 0 Å². The van der Waals surface area contributed by atoms with E-state index >= 15 is 0 Å². The molecule has 1 aliphatic heterocycles. The predicted molar refractivity (Wildman–Crippen MR) is 134 cm³/mol. The van der Waals surface area contributed by atoms with Gasteiger partial charge in [0.25, 0.3) is 0 Å². The first-order valence-corrected chi connectivity index (χ1v) is 15.7. The fraction of sp³-hybridized carbons (Fsp3) is 0.143. The summed E-state index contributed by atoms with van der Waals surface area (Å²) in [6, 6.07) is 46.3. The van der Waals surface area contributed by atoms with Gasteiger partial charge in [-0.1, -0.05) is 121 Å². The van der Waals surface area contributed by atoms with Gasteiger partial charge in [0.2, 0.25) is 0 Å². The van der Waals surface area contributed by atoms with Gasteiger partial charge in [0, 0.05) is 24.2 Å². The summed E-state index contributed by atoms with van der Waals surface area (Å²) >= 11 is 0. The van der Waals surface area contributed by atoms with E-state index in [1.54, 1.807) is 0 Å². The van der Waals surface area contributed by atoms with Crippen LogP contribution in [0.1, 0.15) is 22.3 Å². The van der Waals surface area contributed by atoms with Gasteiger partial charge in [-0.05, 0) is 22.3 Å². The molecule has 1 heterocycles. The van der Waals surface area contributed by atoms with Crippen LogP contribution in [0.3, 0.4) is 0 Å². The number of rotatable bonds is 8. The highest BCUT2D eigenvalue weighted by Gasteiger charge is 2.61. The molecular formula is C28H28O2Si2. The Morgan fingerprint density at radius 1 is 0.344 bits per heavy atom. The van der Waals surface area contributed by atoms with Gasteiger partial charge >= 0.3 is 17.1 Å². The molecule has 0 radical (unpaired) electrons. The van der Waals surface area contributed by atoms with E-state index in [0.29, 0.717) is 0 Å². The van der Waals surface area contributed by atoms with E-state index in [4.69, 9.17) is 8.23 Å². The van der Waals surface area contributed by atoms with Gasteiger partial charge in [-0.2, -0.15) is 0 Å². The Morgan fingerprint density at radius 3 is 0.781 bits per heavy atom. The molecule has 0 aliphatic carbocycles. The zero-order chi connectivity index (χ0) is 21.7. The first-order chi connectivity index (χ1) is 15.7. The lowest BCUT2D eigenvalue weighted by molar-refractivity contribution is 0.202. The minimum absolute atomic E-state index is 0.890. The highest BCUT2D eigenvalue weighted by atomic mass is 28.5.